The molecule has 2 aromatic rings. The van der Waals surface area contributed by atoms with Crippen molar-refractivity contribution in [1.29, 1.82) is 0 Å². The Bertz CT molecular complexity index is 981. The minimum absolute atomic E-state index is 0.0609. The first-order valence-electron chi connectivity index (χ1n) is 8.04. The van der Waals surface area contributed by atoms with E-state index in [1.54, 1.807) is 36.4 Å². The summed E-state index contributed by atoms with van der Waals surface area (Å²) in [6.07, 6.45) is 1.38. The molecule has 10 heteroatoms. The summed E-state index contributed by atoms with van der Waals surface area (Å²) in [4.78, 5) is 24.3. The van der Waals surface area contributed by atoms with E-state index in [0.29, 0.717) is 21.4 Å². The van der Waals surface area contributed by atoms with Crippen molar-refractivity contribution in [3.8, 4) is 5.75 Å². The number of rotatable bonds is 5. The number of amides is 2. The van der Waals surface area contributed by atoms with Crippen molar-refractivity contribution in [2.24, 2.45) is 10.2 Å². The number of phenolic OH excluding ortho intramolecular Hbond substituents is 1. The van der Waals surface area contributed by atoms with Gasteiger partial charge in [0.25, 0.3) is 0 Å². The Kier molecular flexibility index (Phi) is 6.56. The van der Waals surface area contributed by atoms with Crippen LogP contribution in [0.4, 0.5) is 5.69 Å². The molecule has 7 nitrogen and oxygen atoms in total. The molecule has 0 radical (unpaired) electrons. The van der Waals surface area contributed by atoms with E-state index in [2.05, 4.69) is 20.8 Å². The van der Waals surface area contributed by atoms with E-state index in [4.69, 9.17) is 23.2 Å². The van der Waals surface area contributed by atoms with Gasteiger partial charge in [0.1, 0.15) is 11.0 Å². The molecule has 2 aromatic carbocycles. The summed E-state index contributed by atoms with van der Waals surface area (Å²) in [6.45, 7) is 0. The minimum atomic E-state index is -0.632. The minimum Gasteiger partial charge on any atom is -0.508 e. The maximum atomic E-state index is 12.2. The van der Waals surface area contributed by atoms with E-state index in [0.717, 1.165) is 11.8 Å². The van der Waals surface area contributed by atoms with Crippen molar-refractivity contribution in [3.05, 3.63) is 58.1 Å². The van der Waals surface area contributed by atoms with Gasteiger partial charge in [0.05, 0.1) is 21.9 Å². The molecule has 2 amide bonds. The molecule has 1 fully saturated rings. The third-order valence-corrected chi connectivity index (χ3v) is 5.49. The number of amidine groups is 1. The highest BCUT2D eigenvalue weighted by atomic mass is 35.5. The molecule has 1 heterocycles. The third-order valence-electron chi connectivity index (χ3n) is 3.60. The van der Waals surface area contributed by atoms with Gasteiger partial charge in [0.15, 0.2) is 5.17 Å². The second kappa shape index (κ2) is 9.09. The summed E-state index contributed by atoms with van der Waals surface area (Å²) >= 11 is 13.1. The summed E-state index contributed by atoms with van der Waals surface area (Å²) in [7, 11) is 0. The Morgan fingerprint density at radius 2 is 2.07 bits per heavy atom. The SMILES string of the molecule is O=C(C[C@H]1S/C(=N/N=C\c2cccc(O)c2)NC1=O)Nc1cccc(Cl)c1Cl. The highest BCUT2D eigenvalue weighted by Crippen LogP contribution is 2.30. The Hall–Kier alpha value is -2.55. The molecule has 1 saturated heterocycles. The fourth-order valence-corrected chi connectivity index (χ4v) is 3.58. The Labute approximate surface area is 174 Å². The fraction of sp³-hybridized carbons (Fsp3) is 0.111. The lowest BCUT2D eigenvalue weighted by Crippen LogP contribution is -2.28. The molecule has 28 heavy (non-hydrogen) atoms. The molecule has 0 aromatic heterocycles. The number of carbonyl (C=O) groups is 2. The molecule has 0 saturated carbocycles. The quantitative estimate of drug-likeness (QED) is 0.491. The monoisotopic (exact) mass is 436 g/mol. The first-order valence-corrected chi connectivity index (χ1v) is 9.67. The smallest absolute Gasteiger partial charge is 0.240 e. The summed E-state index contributed by atoms with van der Waals surface area (Å²) in [6, 6.07) is 11.4. The van der Waals surface area contributed by atoms with Crippen LogP contribution in [-0.2, 0) is 9.59 Å². The molecule has 1 atom stereocenters. The number of phenols is 1. The van der Waals surface area contributed by atoms with Crippen molar-refractivity contribution >= 4 is 63.8 Å². The zero-order valence-corrected chi connectivity index (χ0v) is 16.6. The lowest BCUT2D eigenvalue weighted by Gasteiger charge is -2.09. The van der Waals surface area contributed by atoms with Gasteiger partial charge in [-0.05, 0) is 29.8 Å². The van der Waals surface area contributed by atoms with Crippen LogP contribution in [0, 0.1) is 0 Å². The largest absolute Gasteiger partial charge is 0.508 e. The van der Waals surface area contributed by atoms with Gasteiger partial charge in [-0.3, -0.25) is 9.59 Å². The van der Waals surface area contributed by atoms with E-state index in [9.17, 15) is 14.7 Å². The summed E-state index contributed by atoms with van der Waals surface area (Å²) < 4.78 is 0. The molecular weight excluding hydrogens is 423 g/mol. The van der Waals surface area contributed by atoms with Crippen LogP contribution in [-0.4, -0.2) is 33.6 Å². The standard InChI is InChI=1S/C18H14Cl2N4O3S/c19-12-5-2-6-13(16(12)20)22-15(26)8-14-17(27)23-18(28-14)24-21-9-10-3-1-4-11(25)7-10/h1-7,9,14,25H,8H2,(H,22,26)(H,23,24,27)/b21-9-/t14-/m1/s1. The van der Waals surface area contributed by atoms with Gasteiger partial charge in [0, 0.05) is 6.42 Å². The molecule has 3 N–H and O–H groups in total. The molecule has 1 aliphatic rings. The second-order valence-corrected chi connectivity index (χ2v) is 7.67. The number of aromatic hydroxyl groups is 1. The summed E-state index contributed by atoms with van der Waals surface area (Å²) in [5, 5.41) is 22.7. The molecule has 144 valence electrons. The van der Waals surface area contributed by atoms with E-state index < -0.39 is 5.25 Å². The number of benzene rings is 2. The first kappa shape index (κ1) is 20.2. The maximum Gasteiger partial charge on any atom is 0.240 e. The average Bonchev–Trinajstić information content (AvgIpc) is 2.98. The Morgan fingerprint density at radius 3 is 2.86 bits per heavy atom. The van der Waals surface area contributed by atoms with Crippen LogP contribution in [0.2, 0.25) is 10.0 Å². The number of anilines is 1. The second-order valence-electron chi connectivity index (χ2n) is 5.69. The van der Waals surface area contributed by atoms with Gasteiger partial charge >= 0.3 is 0 Å². The Balaban J connectivity index is 1.58. The lowest BCUT2D eigenvalue weighted by molar-refractivity contribution is -0.122. The van der Waals surface area contributed by atoms with Gasteiger partial charge in [-0.15, -0.1) is 5.10 Å². The van der Waals surface area contributed by atoms with E-state index in [1.165, 1.54) is 12.3 Å². The van der Waals surface area contributed by atoms with E-state index in [1.807, 2.05) is 0 Å². The van der Waals surface area contributed by atoms with Crippen LogP contribution >= 0.6 is 35.0 Å². The van der Waals surface area contributed by atoms with Crippen LogP contribution in [0.1, 0.15) is 12.0 Å². The lowest BCUT2D eigenvalue weighted by atomic mass is 10.2. The van der Waals surface area contributed by atoms with E-state index in [-0.39, 0.29) is 29.0 Å². The van der Waals surface area contributed by atoms with Gasteiger partial charge in [0.2, 0.25) is 11.8 Å². The number of nitrogens with zero attached hydrogens (tertiary/aromatic N) is 2. The van der Waals surface area contributed by atoms with Crippen LogP contribution in [0.5, 0.6) is 5.75 Å². The number of hydrogen-bond donors (Lipinski definition) is 3. The van der Waals surface area contributed by atoms with Crippen LogP contribution in [0.25, 0.3) is 0 Å². The molecule has 3 rings (SSSR count). The van der Waals surface area contributed by atoms with Crippen molar-refractivity contribution in [2.45, 2.75) is 11.7 Å². The summed E-state index contributed by atoms with van der Waals surface area (Å²) in [5.74, 6) is -0.587. The zero-order chi connectivity index (χ0) is 20.1. The fourth-order valence-electron chi connectivity index (χ4n) is 2.31. The normalized spacial score (nSPS) is 17.9. The predicted molar refractivity (Wildman–Crippen MR) is 112 cm³/mol. The zero-order valence-electron chi connectivity index (χ0n) is 14.2. The average molecular weight is 437 g/mol. The van der Waals surface area contributed by atoms with Crippen LogP contribution in [0.3, 0.4) is 0 Å². The highest BCUT2D eigenvalue weighted by molar-refractivity contribution is 8.15. The molecule has 1 aliphatic heterocycles. The number of halogens is 2. The van der Waals surface area contributed by atoms with Crippen molar-refractivity contribution < 1.29 is 14.7 Å². The van der Waals surface area contributed by atoms with Gasteiger partial charge in [-0.25, -0.2) is 0 Å². The predicted octanol–water partition coefficient (Wildman–Crippen LogP) is 3.65. The topological polar surface area (TPSA) is 103 Å². The molecule has 0 aliphatic carbocycles. The Morgan fingerprint density at radius 1 is 1.29 bits per heavy atom. The highest BCUT2D eigenvalue weighted by Gasteiger charge is 2.32. The van der Waals surface area contributed by atoms with Gasteiger partial charge in [-0.1, -0.05) is 53.2 Å². The third kappa shape index (κ3) is 5.25. The molecular formula is C18H14Cl2N4O3S. The van der Waals surface area contributed by atoms with Crippen LogP contribution < -0.4 is 10.6 Å². The van der Waals surface area contributed by atoms with Crippen molar-refractivity contribution in [3.63, 3.8) is 0 Å². The number of nitrogens with one attached hydrogen (secondary N) is 2. The van der Waals surface area contributed by atoms with Crippen molar-refractivity contribution in [2.75, 3.05) is 5.32 Å². The summed E-state index contributed by atoms with van der Waals surface area (Å²) in [5.41, 5.74) is 1.04. The number of thioether (sulfide) groups is 1. The molecule has 0 spiro atoms. The maximum absolute atomic E-state index is 12.2. The number of carbonyl (C=O) groups excluding carboxylic acids is 2. The first-order chi connectivity index (χ1) is 13.4. The van der Waals surface area contributed by atoms with E-state index >= 15 is 0 Å². The van der Waals surface area contributed by atoms with Crippen LogP contribution in [0.15, 0.2) is 52.7 Å². The van der Waals surface area contributed by atoms with Gasteiger partial charge < -0.3 is 15.7 Å². The molecule has 0 bridgehead atoms. The number of hydrogen-bond acceptors (Lipinski definition) is 6. The van der Waals surface area contributed by atoms with Gasteiger partial charge in [-0.2, -0.15) is 5.10 Å². The van der Waals surface area contributed by atoms with Crippen molar-refractivity contribution in [1.82, 2.24) is 5.32 Å². The molecule has 0 unspecified atom stereocenters.